The summed E-state index contributed by atoms with van der Waals surface area (Å²) in [5.74, 6) is -0.345. The summed E-state index contributed by atoms with van der Waals surface area (Å²) in [6.45, 7) is 1.48. The zero-order valence-electron chi connectivity index (χ0n) is 15.9. The summed E-state index contributed by atoms with van der Waals surface area (Å²) in [6.07, 6.45) is 1.43. The molecule has 0 bridgehead atoms. The van der Waals surface area contributed by atoms with Gasteiger partial charge in [0.05, 0.1) is 23.9 Å². The highest BCUT2D eigenvalue weighted by Gasteiger charge is 2.12. The number of carbonyl (C=O) groups excluding carboxylic acids is 3. The SMILES string of the molecule is COC(=O)c1ccccc1Nc1ccc(C(=O)Nc2ccc(C(C)=O)cc2)cn1. The number of rotatable bonds is 6. The first-order valence-corrected chi connectivity index (χ1v) is 8.80. The smallest absolute Gasteiger partial charge is 0.339 e. The van der Waals surface area contributed by atoms with E-state index in [4.69, 9.17) is 4.74 Å². The number of aromatic nitrogens is 1. The van der Waals surface area contributed by atoms with Gasteiger partial charge in [-0.1, -0.05) is 12.1 Å². The largest absolute Gasteiger partial charge is 0.465 e. The van der Waals surface area contributed by atoms with Gasteiger partial charge in [-0.3, -0.25) is 9.59 Å². The number of nitrogens with zero attached hydrogens (tertiary/aromatic N) is 1. The lowest BCUT2D eigenvalue weighted by molar-refractivity contribution is 0.0601. The number of nitrogens with one attached hydrogen (secondary N) is 2. The molecule has 0 fully saturated rings. The average Bonchev–Trinajstić information content (AvgIpc) is 2.74. The number of methoxy groups -OCH3 is 1. The van der Waals surface area contributed by atoms with Gasteiger partial charge in [0.2, 0.25) is 0 Å². The Labute approximate surface area is 167 Å². The van der Waals surface area contributed by atoms with Crippen molar-refractivity contribution in [3.05, 3.63) is 83.6 Å². The van der Waals surface area contributed by atoms with Gasteiger partial charge in [-0.2, -0.15) is 0 Å². The summed E-state index contributed by atoms with van der Waals surface area (Å²) < 4.78 is 4.77. The maximum atomic E-state index is 12.4. The molecule has 0 aliphatic heterocycles. The maximum Gasteiger partial charge on any atom is 0.339 e. The molecule has 3 rings (SSSR count). The van der Waals surface area contributed by atoms with Crippen molar-refractivity contribution in [2.24, 2.45) is 0 Å². The first-order chi connectivity index (χ1) is 14.0. The third kappa shape index (κ3) is 4.84. The average molecular weight is 389 g/mol. The van der Waals surface area contributed by atoms with Crippen molar-refractivity contribution in [1.29, 1.82) is 0 Å². The van der Waals surface area contributed by atoms with Crippen molar-refractivity contribution < 1.29 is 19.1 Å². The van der Waals surface area contributed by atoms with E-state index < -0.39 is 5.97 Å². The Balaban J connectivity index is 1.69. The lowest BCUT2D eigenvalue weighted by Crippen LogP contribution is -2.12. The molecule has 1 amide bonds. The van der Waals surface area contributed by atoms with Gasteiger partial charge in [0.15, 0.2) is 5.78 Å². The van der Waals surface area contributed by atoms with Crippen molar-refractivity contribution in [3.8, 4) is 0 Å². The molecule has 2 aromatic carbocycles. The Bertz CT molecular complexity index is 1040. The Kier molecular flexibility index (Phi) is 5.99. The standard InChI is InChI=1S/C22H19N3O4/c1-14(26)15-7-10-17(11-8-15)24-21(27)16-9-12-20(23-13-16)25-19-6-4-3-5-18(19)22(28)29-2/h3-13H,1-2H3,(H,23,25)(H,24,27). The van der Waals surface area contributed by atoms with Gasteiger partial charge in [0.1, 0.15) is 5.82 Å². The maximum absolute atomic E-state index is 12.4. The van der Waals surface area contributed by atoms with Crippen LogP contribution in [-0.4, -0.2) is 29.8 Å². The van der Waals surface area contributed by atoms with E-state index in [9.17, 15) is 14.4 Å². The zero-order chi connectivity index (χ0) is 20.8. The number of esters is 1. The number of ether oxygens (including phenoxy) is 1. The normalized spacial score (nSPS) is 10.1. The van der Waals surface area contributed by atoms with Crippen LogP contribution in [-0.2, 0) is 4.74 Å². The predicted molar refractivity (Wildman–Crippen MR) is 110 cm³/mol. The molecule has 0 saturated carbocycles. The van der Waals surface area contributed by atoms with Crippen LogP contribution in [0.15, 0.2) is 66.9 Å². The van der Waals surface area contributed by atoms with Crippen molar-refractivity contribution in [1.82, 2.24) is 4.98 Å². The molecule has 0 unspecified atom stereocenters. The third-order valence-corrected chi connectivity index (χ3v) is 4.17. The van der Waals surface area contributed by atoms with Crippen LogP contribution in [0, 0.1) is 0 Å². The lowest BCUT2D eigenvalue weighted by atomic mass is 10.1. The zero-order valence-corrected chi connectivity index (χ0v) is 15.9. The van der Waals surface area contributed by atoms with Crippen LogP contribution in [0.1, 0.15) is 38.0 Å². The minimum absolute atomic E-state index is 0.0380. The van der Waals surface area contributed by atoms with Gasteiger partial charge in [0, 0.05) is 17.4 Å². The third-order valence-electron chi connectivity index (χ3n) is 4.17. The van der Waals surface area contributed by atoms with Gasteiger partial charge in [-0.15, -0.1) is 0 Å². The second-order valence-corrected chi connectivity index (χ2v) is 6.18. The molecular formula is C22H19N3O4. The molecule has 0 aliphatic carbocycles. The highest BCUT2D eigenvalue weighted by molar-refractivity contribution is 6.04. The second kappa shape index (κ2) is 8.79. The summed E-state index contributed by atoms with van der Waals surface area (Å²) in [6, 6.07) is 16.8. The van der Waals surface area contributed by atoms with Gasteiger partial charge in [-0.25, -0.2) is 9.78 Å². The van der Waals surface area contributed by atoms with Crippen LogP contribution in [0.4, 0.5) is 17.2 Å². The van der Waals surface area contributed by atoms with E-state index >= 15 is 0 Å². The van der Waals surface area contributed by atoms with Gasteiger partial charge >= 0.3 is 5.97 Å². The fraction of sp³-hybridized carbons (Fsp3) is 0.0909. The number of hydrogen-bond donors (Lipinski definition) is 2. The second-order valence-electron chi connectivity index (χ2n) is 6.18. The molecule has 1 heterocycles. The fourth-order valence-electron chi connectivity index (χ4n) is 2.61. The molecule has 0 aliphatic rings. The molecule has 0 saturated heterocycles. The van der Waals surface area contributed by atoms with Gasteiger partial charge < -0.3 is 15.4 Å². The predicted octanol–water partition coefficient (Wildman–Crippen LogP) is 4.07. The minimum atomic E-state index is -0.458. The number of para-hydroxylation sites is 1. The molecule has 0 spiro atoms. The first-order valence-electron chi connectivity index (χ1n) is 8.80. The summed E-state index contributed by atoms with van der Waals surface area (Å²) in [7, 11) is 1.32. The van der Waals surface area contributed by atoms with E-state index in [-0.39, 0.29) is 11.7 Å². The van der Waals surface area contributed by atoms with Crippen LogP contribution in [0.5, 0.6) is 0 Å². The summed E-state index contributed by atoms with van der Waals surface area (Å²) in [4.78, 5) is 39.8. The van der Waals surface area contributed by atoms with E-state index in [2.05, 4.69) is 15.6 Å². The van der Waals surface area contributed by atoms with Crippen molar-refractivity contribution in [2.75, 3.05) is 17.7 Å². The molecule has 0 atom stereocenters. The van der Waals surface area contributed by atoms with Crippen LogP contribution in [0.25, 0.3) is 0 Å². The lowest BCUT2D eigenvalue weighted by Gasteiger charge is -2.10. The van der Waals surface area contributed by atoms with Crippen molar-refractivity contribution >= 4 is 34.9 Å². The quantitative estimate of drug-likeness (QED) is 0.487. The molecule has 3 aromatic rings. The van der Waals surface area contributed by atoms with E-state index in [0.717, 1.165) is 0 Å². The molecule has 7 nitrogen and oxygen atoms in total. The summed E-state index contributed by atoms with van der Waals surface area (Å²) >= 11 is 0. The van der Waals surface area contributed by atoms with E-state index in [0.29, 0.717) is 33.9 Å². The number of Topliss-reactive ketones (excluding diaryl/α,β-unsaturated/α-hetero) is 1. The number of anilines is 3. The Morgan fingerprint density at radius 3 is 2.21 bits per heavy atom. The Morgan fingerprint density at radius 1 is 0.897 bits per heavy atom. The van der Waals surface area contributed by atoms with E-state index in [1.165, 1.54) is 20.2 Å². The highest BCUT2D eigenvalue weighted by Crippen LogP contribution is 2.20. The molecular weight excluding hydrogens is 370 g/mol. The fourth-order valence-corrected chi connectivity index (χ4v) is 2.61. The van der Waals surface area contributed by atoms with E-state index in [1.807, 2.05) is 0 Å². The molecule has 146 valence electrons. The number of pyridine rings is 1. The monoisotopic (exact) mass is 389 g/mol. The van der Waals surface area contributed by atoms with Crippen LogP contribution >= 0.6 is 0 Å². The highest BCUT2D eigenvalue weighted by atomic mass is 16.5. The van der Waals surface area contributed by atoms with Crippen LogP contribution < -0.4 is 10.6 Å². The molecule has 1 aromatic heterocycles. The molecule has 29 heavy (non-hydrogen) atoms. The molecule has 2 N–H and O–H groups in total. The number of ketones is 1. The van der Waals surface area contributed by atoms with E-state index in [1.54, 1.807) is 60.7 Å². The number of hydrogen-bond acceptors (Lipinski definition) is 6. The minimum Gasteiger partial charge on any atom is -0.465 e. The number of carbonyl (C=O) groups is 3. The van der Waals surface area contributed by atoms with Gasteiger partial charge in [-0.05, 0) is 55.5 Å². The topological polar surface area (TPSA) is 97.4 Å². The Morgan fingerprint density at radius 2 is 1.59 bits per heavy atom. The summed E-state index contributed by atoms with van der Waals surface area (Å²) in [5, 5.41) is 5.80. The van der Waals surface area contributed by atoms with Crippen molar-refractivity contribution in [2.45, 2.75) is 6.92 Å². The molecule has 0 radical (unpaired) electrons. The van der Waals surface area contributed by atoms with Crippen molar-refractivity contribution in [3.63, 3.8) is 0 Å². The Hall–Kier alpha value is -4.00. The van der Waals surface area contributed by atoms with Gasteiger partial charge in [0.25, 0.3) is 5.91 Å². The summed E-state index contributed by atoms with van der Waals surface area (Å²) in [5.41, 5.74) is 2.45. The van der Waals surface area contributed by atoms with Crippen LogP contribution in [0.3, 0.4) is 0 Å². The number of amides is 1. The number of benzene rings is 2. The molecule has 7 heteroatoms. The first kappa shape index (κ1) is 19.8. The van der Waals surface area contributed by atoms with Crippen LogP contribution in [0.2, 0.25) is 0 Å².